The van der Waals surface area contributed by atoms with Crippen LogP contribution in [0, 0.1) is 11.8 Å². The molecular formula is C9H20O2. The van der Waals surface area contributed by atoms with Gasteiger partial charge in [-0.25, -0.2) is 0 Å². The van der Waals surface area contributed by atoms with Crippen LogP contribution in [0.5, 0.6) is 0 Å². The van der Waals surface area contributed by atoms with Gasteiger partial charge in [0.1, 0.15) is 0 Å². The maximum Gasteiger partial charge on any atom is 0.156 e. The highest BCUT2D eigenvalue weighted by Gasteiger charge is 2.08. The molecule has 0 bridgehead atoms. The molecule has 2 nitrogen and oxygen atoms in total. The highest BCUT2D eigenvalue weighted by molar-refractivity contribution is 4.48. The van der Waals surface area contributed by atoms with Crippen LogP contribution in [0.3, 0.4) is 0 Å². The van der Waals surface area contributed by atoms with Crippen molar-refractivity contribution < 1.29 is 9.84 Å². The fourth-order valence-electron chi connectivity index (χ4n) is 0.617. The maximum atomic E-state index is 9.22. The van der Waals surface area contributed by atoms with Crippen molar-refractivity contribution in [3.8, 4) is 0 Å². The second-order valence-corrected chi connectivity index (χ2v) is 3.69. The van der Waals surface area contributed by atoms with E-state index in [-0.39, 0.29) is 5.92 Å². The van der Waals surface area contributed by atoms with Crippen LogP contribution in [0.15, 0.2) is 0 Å². The lowest BCUT2D eigenvalue weighted by Crippen LogP contribution is -2.19. The molecule has 0 aliphatic carbocycles. The molecule has 1 atom stereocenters. The summed E-state index contributed by atoms with van der Waals surface area (Å²) in [6, 6.07) is 0. The van der Waals surface area contributed by atoms with Gasteiger partial charge >= 0.3 is 0 Å². The Balaban J connectivity index is 3.24. The zero-order valence-electron chi connectivity index (χ0n) is 8.00. The summed E-state index contributed by atoms with van der Waals surface area (Å²) in [6.45, 7) is 8.84. The van der Waals surface area contributed by atoms with Crippen LogP contribution >= 0.6 is 0 Å². The van der Waals surface area contributed by atoms with Gasteiger partial charge in [-0.15, -0.1) is 0 Å². The summed E-state index contributed by atoms with van der Waals surface area (Å²) in [5.74, 6) is 0.844. The molecule has 0 radical (unpaired) electrons. The molecule has 0 saturated carbocycles. The summed E-state index contributed by atoms with van der Waals surface area (Å²) >= 11 is 0. The SMILES string of the molecule is CC(C)CCOC(O)C(C)C. The Bertz CT molecular complexity index is 89.6. The van der Waals surface area contributed by atoms with Gasteiger partial charge in [0, 0.05) is 12.5 Å². The zero-order valence-corrected chi connectivity index (χ0v) is 8.00. The molecule has 0 aliphatic rings. The maximum absolute atomic E-state index is 9.22. The van der Waals surface area contributed by atoms with Crippen LogP contribution in [0.25, 0.3) is 0 Å². The molecule has 2 heteroatoms. The molecule has 0 heterocycles. The van der Waals surface area contributed by atoms with Crippen molar-refractivity contribution in [2.24, 2.45) is 11.8 Å². The number of rotatable bonds is 5. The Labute approximate surface area is 69.6 Å². The van der Waals surface area contributed by atoms with Crippen molar-refractivity contribution in [3.05, 3.63) is 0 Å². The van der Waals surface area contributed by atoms with E-state index in [0.29, 0.717) is 12.5 Å². The summed E-state index contributed by atoms with van der Waals surface area (Å²) < 4.78 is 5.17. The Hall–Kier alpha value is -0.0800. The highest BCUT2D eigenvalue weighted by atomic mass is 16.6. The first-order valence-electron chi connectivity index (χ1n) is 4.33. The lowest BCUT2D eigenvalue weighted by molar-refractivity contribution is -0.128. The standard InChI is InChI=1S/C9H20O2/c1-7(2)5-6-11-9(10)8(3)4/h7-10H,5-6H2,1-4H3. The van der Waals surface area contributed by atoms with E-state index in [1.54, 1.807) is 0 Å². The van der Waals surface area contributed by atoms with E-state index in [4.69, 9.17) is 4.74 Å². The third-order valence-corrected chi connectivity index (χ3v) is 1.55. The molecule has 0 aromatic rings. The van der Waals surface area contributed by atoms with E-state index in [0.717, 1.165) is 6.42 Å². The van der Waals surface area contributed by atoms with E-state index >= 15 is 0 Å². The Morgan fingerprint density at radius 2 is 1.73 bits per heavy atom. The first kappa shape index (κ1) is 10.9. The van der Waals surface area contributed by atoms with E-state index in [2.05, 4.69) is 13.8 Å². The van der Waals surface area contributed by atoms with Crippen molar-refractivity contribution >= 4 is 0 Å². The predicted molar refractivity (Wildman–Crippen MR) is 46.3 cm³/mol. The van der Waals surface area contributed by atoms with Gasteiger partial charge in [0.2, 0.25) is 0 Å². The minimum Gasteiger partial charge on any atom is -0.368 e. The molecule has 0 saturated heterocycles. The summed E-state index contributed by atoms with van der Waals surface area (Å²) in [6.07, 6.45) is 0.429. The van der Waals surface area contributed by atoms with Crippen molar-refractivity contribution in [3.63, 3.8) is 0 Å². The normalized spacial score (nSPS) is 14.5. The van der Waals surface area contributed by atoms with Gasteiger partial charge < -0.3 is 9.84 Å². The summed E-state index contributed by atoms with van der Waals surface area (Å²) in [5, 5.41) is 9.22. The molecule has 0 amide bonds. The van der Waals surface area contributed by atoms with Crippen LogP contribution < -0.4 is 0 Å². The van der Waals surface area contributed by atoms with Gasteiger partial charge in [0.15, 0.2) is 6.29 Å². The van der Waals surface area contributed by atoms with Gasteiger partial charge in [-0.3, -0.25) is 0 Å². The number of aliphatic hydroxyl groups excluding tert-OH is 1. The molecule has 0 fully saturated rings. The molecular weight excluding hydrogens is 140 g/mol. The van der Waals surface area contributed by atoms with Crippen LogP contribution in [0.2, 0.25) is 0 Å². The van der Waals surface area contributed by atoms with E-state index in [1.165, 1.54) is 0 Å². The molecule has 68 valence electrons. The number of aliphatic hydroxyl groups is 1. The van der Waals surface area contributed by atoms with Crippen LogP contribution in [-0.4, -0.2) is 18.0 Å². The Morgan fingerprint density at radius 1 is 1.18 bits per heavy atom. The number of hydrogen-bond acceptors (Lipinski definition) is 2. The van der Waals surface area contributed by atoms with Crippen molar-refractivity contribution in [1.82, 2.24) is 0 Å². The molecule has 11 heavy (non-hydrogen) atoms. The molecule has 0 aromatic heterocycles. The van der Waals surface area contributed by atoms with Crippen molar-refractivity contribution in [2.45, 2.75) is 40.4 Å². The summed E-state index contributed by atoms with van der Waals surface area (Å²) in [7, 11) is 0. The molecule has 0 rings (SSSR count). The highest BCUT2D eigenvalue weighted by Crippen LogP contribution is 2.05. The predicted octanol–water partition coefficient (Wildman–Crippen LogP) is 2.02. The van der Waals surface area contributed by atoms with Gasteiger partial charge in [-0.1, -0.05) is 27.7 Å². The summed E-state index contributed by atoms with van der Waals surface area (Å²) in [4.78, 5) is 0. The molecule has 0 aromatic carbocycles. The van der Waals surface area contributed by atoms with E-state index < -0.39 is 6.29 Å². The van der Waals surface area contributed by atoms with Gasteiger partial charge in [-0.2, -0.15) is 0 Å². The Morgan fingerprint density at radius 3 is 2.09 bits per heavy atom. The van der Waals surface area contributed by atoms with Gasteiger partial charge in [0.25, 0.3) is 0 Å². The van der Waals surface area contributed by atoms with Crippen LogP contribution in [-0.2, 0) is 4.74 Å². The molecule has 0 aliphatic heterocycles. The molecule has 1 unspecified atom stereocenters. The molecule has 1 N–H and O–H groups in total. The summed E-state index contributed by atoms with van der Waals surface area (Å²) in [5.41, 5.74) is 0. The topological polar surface area (TPSA) is 29.5 Å². The van der Waals surface area contributed by atoms with Crippen molar-refractivity contribution in [2.75, 3.05) is 6.61 Å². The number of ether oxygens (including phenoxy) is 1. The van der Waals surface area contributed by atoms with E-state index in [9.17, 15) is 5.11 Å². The quantitative estimate of drug-likeness (QED) is 0.623. The lowest BCUT2D eigenvalue weighted by Gasteiger charge is -2.15. The second-order valence-electron chi connectivity index (χ2n) is 3.69. The third kappa shape index (κ3) is 6.32. The first-order chi connectivity index (χ1) is 5.04. The molecule has 0 spiro atoms. The van der Waals surface area contributed by atoms with Crippen LogP contribution in [0.1, 0.15) is 34.1 Å². The van der Waals surface area contributed by atoms with Gasteiger partial charge in [-0.05, 0) is 12.3 Å². The van der Waals surface area contributed by atoms with Gasteiger partial charge in [0.05, 0.1) is 0 Å². The fraction of sp³-hybridized carbons (Fsp3) is 1.00. The smallest absolute Gasteiger partial charge is 0.156 e. The fourth-order valence-corrected chi connectivity index (χ4v) is 0.617. The lowest BCUT2D eigenvalue weighted by atomic mass is 10.1. The average Bonchev–Trinajstić information content (AvgIpc) is 1.86. The Kier molecular flexibility index (Phi) is 5.51. The number of hydrogen-bond donors (Lipinski definition) is 1. The first-order valence-corrected chi connectivity index (χ1v) is 4.33. The minimum absolute atomic E-state index is 0.196. The monoisotopic (exact) mass is 160 g/mol. The largest absolute Gasteiger partial charge is 0.368 e. The average molecular weight is 160 g/mol. The van der Waals surface area contributed by atoms with E-state index in [1.807, 2.05) is 13.8 Å². The zero-order chi connectivity index (χ0) is 8.85. The minimum atomic E-state index is -0.589. The van der Waals surface area contributed by atoms with Crippen molar-refractivity contribution in [1.29, 1.82) is 0 Å². The second kappa shape index (κ2) is 5.56. The third-order valence-electron chi connectivity index (χ3n) is 1.55. The van der Waals surface area contributed by atoms with Crippen LogP contribution in [0.4, 0.5) is 0 Å².